The van der Waals surface area contributed by atoms with E-state index in [2.05, 4.69) is 4.98 Å². The monoisotopic (exact) mass is 281 g/mol. The summed E-state index contributed by atoms with van der Waals surface area (Å²) in [6, 6.07) is 8.90. The van der Waals surface area contributed by atoms with Crippen molar-refractivity contribution in [1.29, 1.82) is 0 Å². The Morgan fingerprint density at radius 3 is 2.25 bits per heavy atom. The minimum Gasteiger partial charge on any atom is -0.321 e. The van der Waals surface area contributed by atoms with Gasteiger partial charge in [-0.15, -0.1) is 0 Å². The van der Waals surface area contributed by atoms with Crippen LogP contribution in [0.15, 0.2) is 41.2 Å². The van der Waals surface area contributed by atoms with Crippen LogP contribution >= 0.6 is 0 Å². The Kier molecular flexibility index (Phi) is 3.48. The van der Waals surface area contributed by atoms with Crippen LogP contribution in [0.5, 0.6) is 0 Å². The lowest BCUT2D eigenvalue weighted by Gasteiger charge is -2.12. The number of hydrogen-bond acceptors (Lipinski definition) is 2. The summed E-state index contributed by atoms with van der Waals surface area (Å²) in [5.74, 6) is -0.918. The number of pyridine rings is 1. The van der Waals surface area contributed by atoms with Crippen molar-refractivity contribution >= 4 is 5.78 Å². The maximum absolute atomic E-state index is 13.0. The molecule has 0 atom stereocenters. The van der Waals surface area contributed by atoms with Crippen molar-refractivity contribution in [3.63, 3.8) is 0 Å². The first-order valence-electron chi connectivity index (χ1n) is 5.71. The molecular formula is C14H10F3NO2. The highest BCUT2D eigenvalue weighted by atomic mass is 19.4. The van der Waals surface area contributed by atoms with Gasteiger partial charge in [-0.3, -0.25) is 9.59 Å². The van der Waals surface area contributed by atoms with Crippen molar-refractivity contribution in [2.45, 2.75) is 13.1 Å². The van der Waals surface area contributed by atoms with Gasteiger partial charge in [0, 0.05) is 5.69 Å². The van der Waals surface area contributed by atoms with Gasteiger partial charge in [0.1, 0.15) is 0 Å². The number of Topliss-reactive ketones (excluding diaryl/α,β-unsaturated/α-hetero) is 1. The summed E-state index contributed by atoms with van der Waals surface area (Å²) in [5, 5.41) is 0. The fourth-order valence-corrected chi connectivity index (χ4v) is 1.91. The maximum Gasteiger partial charge on any atom is 0.417 e. The van der Waals surface area contributed by atoms with E-state index in [0.29, 0.717) is 5.56 Å². The fourth-order valence-electron chi connectivity index (χ4n) is 1.91. The van der Waals surface area contributed by atoms with Crippen LogP contribution in [0.4, 0.5) is 13.2 Å². The highest BCUT2D eigenvalue weighted by Crippen LogP contribution is 2.32. The summed E-state index contributed by atoms with van der Waals surface area (Å²) in [6.07, 6.45) is -4.77. The molecule has 0 saturated heterocycles. The van der Waals surface area contributed by atoms with Gasteiger partial charge in [0.15, 0.2) is 5.78 Å². The lowest BCUT2D eigenvalue weighted by molar-refractivity contribution is -0.138. The summed E-state index contributed by atoms with van der Waals surface area (Å²) in [5.41, 5.74) is -2.66. The first kappa shape index (κ1) is 14.0. The van der Waals surface area contributed by atoms with Crippen LogP contribution in [0, 0.1) is 0 Å². The summed E-state index contributed by atoms with van der Waals surface area (Å²) in [4.78, 5) is 25.3. The van der Waals surface area contributed by atoms with Crippen molar-refractivity contribution in [3.8, 4) is 11.3 Å². The van der Waals surface area contributed by atoms with Crippen LogP contribution in [-0.2, 0) is 6.18 Å². The zero-order valence-corrected chi connectivity index (χ0v) is 10.4. The maximum atomic E-state index is 13.0. The molecule has 1 aromatic heterocycles. The topological polar surface area (TPSA) is 49.9 Å². The van der Waals surface area contributed by atoms with Gasteiger partial charge in [0.25, 0.3) is 5.56 Å². The normalized spacial score (nSPS) is 11.4. The lowest BCUT2D eigenvalue weighted by Crippen LogP contribution is -2.24. The van der Waals surface area contributed by atoms with E-state index in [9.17, 15) is 22.8 Å². The Hall–Kier alpha value is -2.37. The van der Waals surface area contributed by atoms with Crippen LogP contribution in [0.3, 0.4) is 0 Å². The van der Waals surface area contributed by atoms with Gasteiger partial charge in [-0.05, 0) is 18.6 Å². The van der Waals surface area contributed by atoms with Crippen molar-refractivity contribution in [3.05, 3.63) is 57.9 Å². The Bertz CT molecular complexity index is 703. The molecule has 1 aromatic carbocycles. The summed E-state index contributed by atoms with van der Waals surface area (Å²) < 4.78 is 38.9. The largest absolute Gasteiger partial charge is 0.417 e. The van der Waals surface area contributed by atoms with E-state index in [1.165, 1.54) is 0 Å². The van der Waals surface area contributed by atoms with Gasteiger partial charge >= 0.3 is 6.18 Å². The number of H-pyrrole nitrogens is 1. The van der Waals surface area contributed by atoms with E-state index in [4.69, 9.17) is 0 Å². The molecule has 0 aliphatic carbocycles. The van der Waals surface area contributed by atoms with Crippen LogP contribution in [0.1, 0.15) is 22.8 Å². The molecule has 1 heterocycles. The quantitative estimate of drug-likeness (QED) is 0.859. The van der Waals surface area contributed by atoms with E-state index >= 15 is 0 Å². The molecule has 2 aromatic rings. The number of aromatic nitrogens is 1. The van der Waals surface area contributed by atoms with Crippen LogP contribution < -0.4 is 5.56 Å². The molecule has 0 radical (unpaired) electrons. The SMILES string of the molecule is CC(=O)c1c(C(F)(F)F)cc(-c2ccccc2)[nH]c1=O. The number of hydrogen-bond donors (Lipinski definition) is 1. The average Bonchev–Trinajstić information content (AvgIpc) is 2.37. The van der Waals surface area contributed by atoms with Gasteiger partial charge in [0.05, 0.1) is 11.1 Å². The second kappa shape index (κ2) is 4.96. The summed E-state index contributed by atoms with van der Waals surface area (Å²) in [6.45, 7) is 0.933. The number of aromatic amines is 1. The molecule has 20 heavy (non-hydrogen) atoms. The number of carbonyl (C=O) groups excluding carboxylic acids is 1. The van der Waals surface area contributed by atoms with E-state index in [-0.39, 0.29) is 5.69 Å². The highest BCUT2D eigenvalue weighted by Gasteiger charge is 2.36. The third-order valence-electron chi connectivity index (χ3n) is 2.78. The number of benzene rings is 1. The predicted octanol–water partition coefficient (Wildman–Crippen LogP) is 3.26. The van der Waals surface area contributed by atoms with Gasteiger partial charge in [-0.1, -0.05) is 30.3 Å². The van der Waals surface area contributed by atoms with Crippen LogP contribution in [-0.4, -0.2) is 10.8 Å². The molecule has 0 spiro atoms. The standard InChI is InChI=1S/C14H10F3NO2/c1-8(19)12-10(14(15,16)17)7-11(18-13(12)20)9-5-3-2-4-6-9/h2-7H,1H3,(H,18,20). The summed E-state index contributed by atoms with van der Waals surface area (Å²) >= 11 is 0. The highest BCUT2D eigenvalue weighted by molar-refractivity contribution is 5.95. The molecule has 0 aliphatic rings. The summed E-state index contributed by atoms with van der Waals surface area (Å²) in [7, 11) is 0. The second-order valence-electron chi connectivity index (χ2n) is 4.22. The number of nitrogens with one attached hydrogen (secondary N) is 1. The molecule has 0 bridgehead atoms. The van der Waals surface area contributed by atoms with Crippen molar-refractivity contribution < 1.29 is 18.0 Å². The molecule has 0 fully saturated rings. The first-order chi connectivity index (χ1) is 9.30. The Morgan fingerprint density at radius 1 is 1.15 bits per heavy atom. The molecule has 3 nitrogen and oxygen atoms in total. The predicted molar refractivity (Wildman–Crippen MR) is 67.5 cm³/mol. The molecule has 2 rings (SSSR count). The van der Waals surface area contributed by atoms with Crippen LogP contribution in [0.25, 0.3) is 11.3 Å². The minimum absolute atomic E-state index is 0.0212. The molecule has 6 heteroatoms. The lowest BCUT2D eigenvalue weighted by atomic mass is 10.0. The zero-order valence-electron chi connectivity index (χ0n) is 10.4. The van der Waals surface area contributed by atoms with E-state index in [1.807, 2.05) is 0 Å². The minimum atomic E-state index is -4.77. The van der Waals surface area contributed by atoms with E-state index in [1.54, 1.807) is 30.3 Å². The molecule has 0 saturated carbocycles. The molecular weight excluding hydrogens is 271 g/mol. The first-order valence-corrected chi connectivity index (χ1v) is 5.71. The van der Waals surface area contributed by atoms with Crippen molar-refractivity contribution in [2.75, 3.05) is 0 Å². The van der Waals surface area contributed by atoms with Gasteiger partial charge in [-0.2, -0.15) is 13.2 Å². The Morgan fingerprint density at radius 2 is 1.75 bits per heavy atom. The third-order valence-corrected chi connectivity index (χ3v) is 2.78. The number of carbonyl (C=O) groups is 1. The molecule has 0 unspecified atom stereocenters. The van der Waals surface area contributed by atoms with E-state index in [0.717, 1.165) is 13.0 Å². The number of rotatable bonds is 2. The second-order valence-corrected chi connectivity index (χ2v) is 4.22. The van der Waals surface area contributed by atoms with Crippen molar-refractivity contribution in [1.82, 2.24) is 4.98 Å². The van der Waals surface area contributed by atoms with Crippen LogP contribution in [0.2, 0.25) is 0 Å². The van der Waals surface area contributed by atoms with Crippen molar-refractivity contribution in [2.24, 2.45) is 0 Å². The molecule has 104 valence electrons. The Balaban J connectivity index is 2.75. The fraction of sp³-hybridized carbons (Fsp3) is 0.143. The zero-order chi connectivity index (χ0) is 14.9. The number of alkyl halides is 3. The smallest absolute Gasteiger partial charge is 0.321 e. The average molecular weight is 281 g/mol. The molecule has 0 aliphatic heterocycles. The third kappa shape index (κ3) is 2.64. The van der Waals surface area contributed by atoms with Gasteiger partial charge in [-0.25, -0.2) is 0 Å². The molecule has 1 N–H and O–H groups in total. The van der Waals surface area contributed by atoms with Gasteiger partial charge < -0.3 is 4.98 Å². The van der Waals surface area contributed by atoms with E-state index < -0.39 is 28.6 Å². The number of halogens is 3. The number of ketones is 1. The van der Waals surface area contributed by atoms with Gasteiger partial charge in [0.2, 0.25) is 0 Å². The Labute approximate surface area is 112 Å². The molecule has 0 amide bonds.